The number of aromatic nitrogens is 6. The molecule has 5 aromatic rings. The number of hydrogen-bond acceptors (Lipinski definition) is 7. The van der Waals surface area contributed by atoms with Gasteiger partial charge in [-0.1, -0.05) is 0 Å². The van der Waals surface area contributed by atoms with Gasteiger partial charge in [-0.3, -0.25) is 14.9 Å². The van der Waals surface area contributed by atoms with E-state index in [0.29, 0.717) is 12.2 Å². The summed E-state index contributed by atoms with van der Waals surface area (Å²) >= 11 is 0. The Labute approximate surface area is 214 Å². The molecule has 1 fully saturated rings. The minimum atomic E-state index is -0.0965. The van der Waals surface area contributed by atoms with Crippen LogP contribution in [0.15, 0.2) is 48.9 Å². The third kappa shape index (κ3) is 4.63. The SMILES string of the molecule is CN(C)CC(=O)Nc1cncc(-c2ccc3[nH]nc(-c4cc5c(N6CCCCC6)ccnc5[nH]4)c3n2)c1. The Kier molecular flexibility index (Phi) is 6.01. The molecule has 10 heteroatoms. The molecule has 0 aromatic carbocycles. The number of fused-ring (bicyclic) bond motifs is 2. The number of amides is 1. The van der Waals surface area contributed by atoms with Crippen LogP contribution in [0.3, 0.4) is 0 Å². The minimum Gasteiger partial charge on any atom is -0.371 e. The summed E-state index contributed by atoms with van der Waals surface area (Å²) in [6.07, 6.45) is 8.96. The van der Waals surface area contributed by atoms with Gasteiger partial charge < -0.3 is 20.1 Å². The van der Waals surface area contributed by atoms with Crippen LogP contribution in [0.2, 0.25) is 0 Å². The summed E-state index contributed by atoms with van der Waals surface area (Å²) in [7, 11) is 3.71. The van der Waals surface area contributed by atoms with Gasteiger partial charge in [0.2, 0.25) is 5.91 Å². The molecule has 1 saturated heterocycles. The molecule has 1 aliphatic rings. The summed E-state index contributed by atoms with van der Waals surface area (Å²) < 4.78 is 0. The molecular formula is C27H29N9O. The van der Waals surface area contributed by atoms with Gasteiger partial charge in [0.1, 0.15) is 16.9 Å². The van der Waals surface area contributed by atoms with Gasteiger partial charge in [0.15, 0.2) is 0 Å². The number of H-pyrrole nitrogens is 2. The predicted molar refractivity (Wildman–Crippen MR) is 145 cm³/mol. The van der Waals surface area contributed by atoms with E-state index in [2.05, 4.69) is 47.5 Å². The second kappa shape index (κ2) is 9.62. The predicted octanol–water partition coefficient (Wildman–Crippen LogP) is 4.05. The number of carbonyl (C=O) groups excluding carboxylic acids is 1. The number of pyridine rings is 3. The Morgan fingerprint density at radius 1 is 1.11 bits per heavy atom. The van der Waals surface area contributed by atoms with E-state index in [0.717, 1.165) is 57.8 Å². The number of carbonyl (C=O) groups is 1. The minimum absolute atomic E-state index is 0.0965. The van der Waals surface area contributed by atoms with Crippen molar-refractivity contribution in [3.8, 4) is 22.6 Å². The van der Waals surface area contributed by atoms with E-state index in [1.807, 2.05) is 43.4 Å². The third-order valence-corrected chi connectivity index (χ3v) is 6.65. The number of anilines is 2. The standard InChI is InChI=1S/C27H29N9O/c1-35(2)16-24(37)30-18-12-17(14-28-15-18)20-6-7-21-25(31-20)26(34-33-21)22-13-19-23(8-9-29-27(19)32-22)36-10-4-3-5-11-36/h6-9,12-15H,3-5,10-11,16H2,1-2H3,(H,29,32)(H,30,37)(H,33,34). The lowest BCUT2D eigenvalue weighted by Crippen LogP contribution is -2.29. The van der Waals surface area contributed by atoms with Crippen molar-refractivity contribution in [2.75, 3.05) is 43.9 Å². The summed E-state index contributed by atoms with van der Waals surface area (Å²) in [6.45, 7) is 2.43. The van der Waals surface area contributed by atoms with Gasteiger partial charge in [0, 0.05) is 42.1 Å². The van der Waals surface area contributed by atoms with E-state index in [-0.39, 0.29) is 5.91 Å². The van der Waals surface area contributed by atoms with Crippen LogP contribution in [0.5, 0.6) is 0 Å². The molecule has 0 atom stereocenters. The van der Waals surface area contributed by atoms with Gasteiger partial charge in [-0.05, 0) is 63.7 Å². The fraction of sp³-hybridized carbons (Fsp3) is 0.296. The Bertz CT molecular complexity index is 1580. The second-order valence-electron chi connectivity index (χ2n) is 9.74. The summed E-state index contributed by atoms with van der Waals surface area (Å²) in [4.78, 5) is 33.7. The van der Waals surface area contributed by atoms with Crippen LogP contribution in [0.4, 0.5) is 11.4 Å². The first kappa shape index (κ1) is 23.1. The van der Waals surface area contributed by atoms with E-state index >= 15 is 0 Å². The smallest absolute Gasteiger partial charge is 0.238 e. The fourth-order valence-corrected chi connectivity index (χ4v) is 4.93. The van der Waals surface area contributed by atoms with E-state index in [1.165, 1.54) is 24.9 Å². The normalized spacial score (nSPS) is 14.1. The molecule has 6 heterocycles. The van der Waals surface area contributed by atoms with Crippen molar-refractivity contribution < 1.29 is 4.79 Å². The van der Waals surface area contributed by atoms with Crippen molar-refractivity contribution in [1.29, 1.82) is 0 Å². The lowest BCUT2D eigenvalue weighted by Gasteiger charge is -2.29. The summed E-state index contributed by atoms with van der Waals surface area (Å²) in [6, 6.07) is 9.99. The number of aromatic amines is 2. The number of nitrogens with one attached hydrogen (secondary N) is 3. The quantitative estimate of drug-likeness (QED) is 0.325. The molecule has 0 saturated carbocycles. The van der Waals surface area contributed by atoms with Crippen LogP contribution in [0, 0.1) is 0 Å². The molecule has 0 aliphatic carbocycles. The highest BCUT2D eigenvalue weighted by molar-refractivity contribution is 5.98. The Morgan fingerprint density at radius 3 is 2.81 bits per heavy atom. The molecule has 6 rings (SSSR count). The maximum atomic E-state index is 12.2. The molecule has 188 valence electrons. The monoisotopic (exact) mass is 495 g/mol. The Morgan fingerprint density at radius 2 is 1.97 bits per heavy atom. The molecule has 1 aliphatic heterocycles. The molecule has 3 N–H and O–H groups in total. The van der Waals surface area contributed by atoms with Crippen LogP contribution >= 0.6 is 0 Å². The molecule has 0 bridgehead atoms. The molecule has 37 heavy (non-hydrogen) atoms. The summed E-state index contributed by atoms with van der Waals surface area (Å²) in [5.41, 5.74) is 7.43. The Balaban J connectivity index is 1.35. The topological polar surface area (TPSA) is 119 Å². The van der Waals surface area contributed by atoms with Crippen LogP contribution in [-0.4, -0.2) is 74.7 Å². The highest BCUT2D eigenvalue weighted by Crippen LogP contribution is 2.33. The number of piperidine rings is 1. The summed E-state index contributed by atoms with van der Waals surface area (Å²) in [5, 5.41) is 11.7. The first-order valence-corrected chi connectivity index (χ1v) is 12.5. The van der Waals surface area contributed by atoms with E-state index in [1.54, 1.807) is 12.4 Å². The maximum absolute atomic E-state index is 12.2. The largest absolute Gasteiger partial charge is 0.371 e. The molecular weight excluding hydrogens is 466 g/mol. The molecule has 0 spiro atoms. The van der Waals surface area contributed by atoms with Gasteiger partial charge >= 0.3 is 0 Å². The van der Waals surface area contributed by atoms with Crippen LogP contribution in [0.1, 0.15) is 19.3 Å². The van der Waals surface area contributed by atoms with Crippen molar-refractivity contribution in [3.63, 3.8) is 0 Å². The molecule has 0 unspecified atom stereocenters. The zero-order valence-corrected chi connectivity index (χ0v) is 21.0. The molecule has 10 nitrogen and oxygen atoms in total. The average molecular weight is 496 g/mol. The average Bonchev–Trinajstić information content (AvgIpc) is 3.52. The third-order valence-electron chi connectivity index (χ3n) is 6.65. The lowest BCUT2D eigenvalue weighted by molar-refractivity contribution is -0.116. The van der Waals surface area contributed by atoms with E-state index in [4.69, 9.17) is 4.98 Å². The van der Waals surface area contributed by atoms with Crippen molar-refractivity contribution in [1.82, 2.24) is 35.0 Å². The zero-order valence-electron chi connectivity index (χ0n) is 21.0. The van der Waals surface area contributed by atoms with Crippen LogP contribution in [0.25, 0.3) is 44.7 Å². The van der Waals surface area contributed by atoms with E-state index in [9.17, 15) is 4.79 Å². The number of nitrogens with zero attached hydrogens (tertiary/aromatic N) is 6. The number of rotatable bonds is 6. The van der Waals surface area contributed by atoms with Gasteiger partial charge in [0.25, 0.3) is 0 Å². The van der Waals surface area contributed by atoms with Crippen molar-refractivity contribution in [3.05, 3.63) is 48.9 Å². The van der Waals surface area contributed by atoms with Crippen LogP contribution < -0.4 is 10.2 Å². The molecule has 5 aromatic heterocycles. The van der Waals surface area contributed by atoms with Gasteiger partial charge in [-0.25, -0.2) is 9.97 Å². The first-order valence-electron chi connectivity index (χ1n) is 12.5. The van der Waals surface area contributed by atoms with Crippen molar-refractivity contribution in [2.24, 2.45) is 0 Å². The fourth-order valence-electron chi connectivity index (χ4n) is 4.93. The number of likely N-dealkylation sites (N-methyl/N-ethyl adjacent to an activating group) is 1. The van der Waals surface area contributed by atoms with Gasteiger partial charge in [-0.2, -0.15) is 5.10 Å². The van der Waals surface area contributed by atoms with Gasteiger partial charge in [0.05, 0.1) is 35.3 Å². The molecule has 1 amide bonds. The van der Waals surface area contributed by atoms with Crippen LogP contribution in [-0.2, 0) is 4.79 Å². The highest BCUT2D eigenvalue weighted by Gasteiger charge is 2.19. The zero-order chi connectivity index (χ0) is 25.4. The highest BCUT2D eigenvalue weighted by atomic mass is 16.2. The van der Waals surface area contributed by atoms with Gasteiger partial charge in [-0.15, -0.1) is 0 Å². The molecule has 0 radical (unpaired) electrons. The second-order valence-corrected chi connectivity index (χ2v) is 9.74. The van der Waals surface area contributed by atoms with E-state index < -0.39 is 0 Å². The Hall–Kier alpha value is -4.31. The van der Waals surface area contributed by atoms with Crippen molar-refractivity contribution >= 4 is 39.3 Å². The first-order chi connectivity index (χ1) is 18.0. The maximum Gasteiger partial charge on any atom is 0.238 e. The van der Waals surface area contributed by atoms with Crippen molar-refractivity contribution in [2.45, 2.75) is 19.3 Å². The summed E-state index contributed by atoms with van der Waals surface area (Å²) in [5.74, 6) is -0.0965. The lowest BCUT2D eigenvalue weighted by atomic mass is 10.1. The number of hydrogen-bond donors (Lipinski definition) is 3.